The zero-order chi connectivity index (χ0) is 18.3. The minimum Gasteiger partial charge on any atom is -0.338 e. The van der Waals surface area contributed by atoms with E-state index in [9.17, 15) is 9.18 Å². The van der Waals surface area contributed by atoms with E-state index in [4.69, 9.17) is 4.52 Å². The molecule has 0 aliphatic carbocycles. The maximum absolute atomic E-state index is 13.2. The highest BCUT2D eigenvalue weighted by atomic mass is 19.1. The molecule has 1 aliphatic rings. The molecule has 5 nitrogen and oxygen atoms in total. The molecule has 26 heavy (non-hydrogen) atoms. The van der Waals surface area contributed by atoms with Crippen molar-refractivity contribution in [1.82, 2.24) is 15.0 Å². The number of likely N-dealkylation sites (tertiary alicyclic amines) is 1. The summed E-state index contributed by atoms with van der Waals surface area (Å²) >= 11 is 0. The maximum atomic E-state index is 13.2. The molecule has 134 valence electrons. The first-order chi connectivity index (χ1) is 12.5. The van der Waals surface area contributed by atoms with Crippen molar-refractivity contribution in [1.29, 1.82) is 0 Å². The van der Waals surface area contributed by atoms with Gasteiger partial charge < -0.3 is 9.42 Å². The van der Waals surface area contributed by atoms with Gasteiger partial charge in [0.1, 0.15) is 5.82 Å². The molecule has 1 saturated heterocycles. The van der Waals surface area contributed by atoms with Gasteiger partial charge in [-0.25, -0.2) is 9.37 Å². The Bertz CT molecular complexity index is 965. The topological polar surface area (TPSA) is 59.2 Å². The van der Waals surface area contributed by atoms with Crippen molar-refractivity contribution in [3.63, 3.8) is 0 Å². The summed E-state index contributed by atoms with van der Waals surface area (Å²) in [6.45, 7) is 5.47. The van der Waals surface area contributed by atoms with Crippen LogP contribution in [0.15, 0.2) is 34.9 Å². The van der Waals surface area contributed by atoms with Crippen molar-refractivity contribution in [3.05, 3.63) is 47.4 Å². The molecule has 0 bridgehead atoms. The third-order valence-corrected chi connectivity index (χ3v) is 4.93. The number of carbonyl (C=O) groups is 1. The van der Waals surface area contributed by atoms with Crippen LogP contribution in [0.3, 0.4) is 0 Å². The lowest BCUT2D eigenvalue weighted by molar-refractivity contribution is 0.0685. The van der Waals surface area contributed by atoms with E-state index >= 15 is 0 Å². The van der Waals surface area contributed by atoms with Crippen LogP contribution in [0, 0.1) is 18.7 Å². The van der Waals surface area contributed by atoms with Gasteiger partial charge in [-0.15, -0.1) is 0 Å². The molecule has 1 aromatic carbocycles. The number of halogens is 1. The summed E-state index contributed by atoms with van der Waals surface area (Å²) in [7, 11) is 0. The molecular formula is C20H20FN3O2. The molecule has 1 aliphatic heterocycles. The van der Waals surface area contributed by atoms with Crippen LogP contribution in [0.25, 0.3) is 22.4 Å². The smallest absolute Gasteiger partial charge is 0.259 e. The Morgan fingerprint density at radius 1 is 1.31 bits per heavy atom. The molecule has 2 aromatic heterocycles. The van der Waals surface area contributed by atoms with Crippen molar-refractivity contribution in [2.75, 3.05) is 13.1 Å². The summed E-state index contributed by atoms with van der Waals surface area (Å²) in [5.41, 5.74) is 2.82. The number of nitrogens with zero attached hydrogens (tertiary/aromatic N) is 3. The summed E-state index contributed by atoms with van der Waals surface area (Å²) in [5.74, 6) is 0.146. The number of carbonyl (C=O) groups excluding carboxylic acids is 1. The number of aryl methyl sites for hydroxylation is 1. The van der Waals surface area contributed by atoms with Gasteiger partial charge in [0.15, 0.2) is 0 Å². The van der Waals surface area contributed by atoms with Gasteiger partial charge in [-0.2, -0.15) is 0 Å². The van der Waals surface area contributed by atoms with E-state index < -0.39 is 0 Å². The molecule has 4 rings (SSSR count). The lowest BCUT2D eigenvalue weighted by Gasteiger charge is -2.31. The van der Waals surface area contributed by atoms with E-state index in [0.29, 0.717) is 34.0 Å². The number of pyridine rings is 1. The fraction of sp³-hybridized carbons (Fsp3) is 0.350. The van der Waals surface area contributed by atoms with E-state index in [1.807, 2.05) is 4.90 Å². The number of fused-ring (bicyclic) bond motifs is 1. The first kappa shape index (κ1) is 16.7. The highest BCUT2D eigenvalue weighted by molar-refractivity contribution is 6.07. The summed E-state index contributed by atoms with van der Waals surface area (Å²) < 4.78 is 18.6. The number of rotatable bonds is 2. The van der Waals surface area contributed by atoms with Crippen molar-refractivity contribution < 1.29 is 13.7 Å². The van der Waals surface area contributed by atoms with E-state index in [2.05, 4.69) is 17.1 Å². The summed E-state index contributed by atoms with van der Waals surface area (Å²) in [4.78, 5) is 19.6. The lowest BCUT2D eigenvalue weighted by Crippen LogP contribution is -2.39. The average molecular weight is 353 g/mol. The minimum atomic E-state index is -0.316. The van der Waals surface area contributed by atoms with Crippen LogP contribution < -0.4 is 0 Å². The first-order valence-corrected chi connectivity index (χ1v) is 8.85. The minimum absolute atomic E-state index is 0.0291. The van der Waals surface area contributed by atoms with Crippen LogP contribution in [-0.4, -0.2) is 34.0 Å². The molecule has 1 amide bonds. The SMILES string of the molecule is Cc1noc2nc(-c3ccc(F)cc3)cc(C(=O)N3CCCC(C)C3)c12. The zero-order valence-electron chi connectivity index (χ0n) is 14.8. The summed E-state index contributed by atoms with van der Waals surface area (Å²) in [5, 5.41) is 4.63. The summed E-state index contributed by atoms with van der Waals surface area (Å²) in [6, 6.07) is 7.80. The molecule has 0 saturated carbocycles. The Labute approximate surface area is 150 Å². The summed E-state index contributed by atoms with van der Waals surface area (Å²) in [6.07, 6.45) is 2.15. The molecule has 1 unspecified atom stereocenters. The van der Waals surface area contributed by atoms with E-state index in [1.165, 1.54) is 12.1 Å². The van der Waals surface area contributed by atoms with Gasteiger partial charge in [0.2, 0.25) is 0 Å². The van der Waals surface area contributed by atoms with Gasteiger partial charge in [0, 0.05) is 18.7 Å². The number of piperidine rings is 1. The molecule has 6 heteroatoms. The van der Waals surface area contributed by atoms with Gasteiger partial charge in [-0.05, 0) is 56.0 Å². The molecule has 1 fully saturated rings. The molecule has 0 N–H and O–H groups in total. The maximum Gasteiger partial charge on any atom is 0.259 e. The molecular weight excluding hydrogens is 333 g/mol. The number of benzene rings is 1. The third-order valence-electron chi connectivity index (χ3n) is 4.93. The zero-order valence-corrected chi connectivity index (χ0v) is 14.8. The Balaban J connectivity index is 1.82. The van der Waals surface area contributed by atoms with E-state index in [1.54, 1.807) is 25.1 Å². The first-order valence-electron chi connectivity index (χ1n) is 8.85. The second-order valence-electron chi connectivity index (χ2n) is 7.01. The fourth-order valence-electron chi connectivity index (χ4n) is 3.58. The van der Waals surface area contributed by atoms with Gasteiger partial charge in [0.25, 0.3) is 11.6 Å². The van der Waals surface area contributed by atoms with Crippen LogP contribution in [0.5, 0.6) is 0 Å². The predicted molar refractivity (Wildman–Crippen MR) is 96.2 cm³/mol. The normalized spacial score (nSPS) is 17.7. The Hall–Kier alpha value is -2.76. The second-order valence-corrected chi connectivity index (χ2v) is 7.01. The Morgan fingerprint density at radius 2 is 2.08 bits per heavy atom. The van der Waals surface area contributed by atoms with Crippen molar-refractivity contribution in [2.45, 2.75) is 26.7 Å². The Kier molecular flexibility index (Phi) is 4.18. The van der Waals surface area contributed by atoms with Gasteiger partial charge >= 0.3 is 0 Å². The average Bonchev–Trinajstić information content (AvgIpc) is 3.02. The second kappa shape index (κ2) is 6.52. The lowest BCUT2D eigenvalue weighted by atomic mass is 9.98. The fourth-order valence-corrected chi connectivity index (χ4v) is 3.58. The van der Waals surface area contributed by atoms with E-state index in [0.717, 1.165) is 31.5 Å². The van der Waals surface area contributed by atoms with Gasteiger partial charge in [-0.1, -0.05) is 12.1 Å². The highest BCUT2D eigenvalue weighted by Crippen LogP contribution is 2.29. The van der Waals surface area contributed by atoms with Crippen molar-refractivity contribution >= 4 is 17.0 Å². The van der Waals surface area contributed by atoms with Gasteiger partial charge in [-0.3, -0.25) is 4.79 Å². The number of hydrogen-bond donors (Lipinski definition) is 0. The van der Waals surface area contributed by atoms with E-state index in [-0.39, 0.29) is 11.7 Å². The Morgan fingerprint density at radius 3 is 2.81 bits per heavy atom. The van der Waals surface area contributed by atoms with Crippen LogP contribution in [0.1, 0.15) is 35.8 Å². The third kappa shape index (κ3) is 2.96. The number of aromatic nitrogens is 2. The molecule has 0 radical (unpaired) electrons. The monoisotopic (exact) mass is 353 g/mol. The van der Waals surface area contributed by atoms with Crippen LogP contribution in [-0.2, 0) is 0 Å². The predicted octanol–water partition coefficient (Wildman–Crippen LogP) is 4.21. The largest absolute Gasteiger partial charge is 0.338 e. The number of hydrogen-bond acceptors (Lipinski definition) is 4. The van der Waals surface area contributed by atoms with Crippen molar-refractivity contribution in [2.24, 2.45) is 5.92 Å². The molecule has 3 aromatic rings. The van der Waals surface area contributed by atoms with Crippen LogP contribution in [0.4, 0.5) is 4.39 Å². The highest BCUT2D eigenvalue weighted by Gasteiger charge is 2.26. The molecule has 0 spiro atoms. The van der Waals surface area contributed by atoms with Gasteiger partial charge in [0.05, 0.1) is 22.3 Å². The van der Waals surface area contributed by atoms with Crippen LogP contribution in [0.2, 0.25) is 0 Å². The quantitative estimate of drug-likeness (QED) is 0.692. The standard InChI is InChI=1S/C20H20FN3O2/c1-12-4-3-9-24(11-12)20(25)16-10-17(14-5-7-15(21)8-6-14)22-19-18(16)13(2)23-26-19/h5-8,10,12H,3-4,9,11H2,1-2H3. The molecule has 3 heterocycles. The van der Waals surface area contributed by atoms with Crippen LogP contribution >= 0.6 is 0 Å². The molecule has 1 atom stereocenters. The number of amides is 1. The van der Waals surface area contributed by atoms with Crippen molar-refractivity contribution in [3.8, 4) is 11.3 Å².